The molecule has 0 aromatic heterocycles. The highest BCUT2D eigenvalue weighted by Gasteiger charge is 2.12. The van der Waals surface area contributed by atoms with Gasteiger partial charge in [-0.2, -0.15) is 0 Å². The molecule has 4 heteroatoms. The second kappa shape index (κ2) is 5.44. The number of nitro groups is 1. The van der Waals surface area contributed by atoms with E-state index in [1.54, 1.807) is 6.07 Å². The summed E-state index contributed by atoms with van der Waals surface area (Å²) in [5.41, 5.74) is 2.31. The highest BCUT2D eigenvalue weighted by atomic mass is 16.6. The van der Waals surface area contributed by atoms with E-state index in [1.165, 1.54) is 18.2 Å². The molecule has 0 bridgehead atoms. The Morgan fingerprint density at radius 3 is 2.58 bits per heavy atom. The number of nitro benzene ring substituents is 1. The molecular weight excluding hydrogens is 242 g/mol. The summed E-state index contributed by atoms with van der Waals surface area (Å²) in [6.45, 7) is 1.96. The van der Waals surface area contributed by atoms with Gasteiger partial charge in [-0.15, -0.1) is 0 Å². The molecule has 4 nitrogen and oxygen atoms in total. The average Bonchev–Trinajstić information content (AvgIpc) is 2.39. The minimum Gasteiger partial charge on any atom is -0.294 e. The molecule has 0 aliphatic carbocycles. The van der Waals surface area contributed by atoms with Crippen LogP contribution in [0, 0.1) is 17.0 Å². The maximum Gasteiger partial charge on any atom is 0.270 e. The predicted molar refractivity (Wildman–Crippen MR) is 72.3 cm³/mol. The monoisotopic (exact) mass is 255 g/mol. The molecule has 0 aliphatic heterocycles. The number of ketones is 1. The Morgan fingerprint density at radius 1 is 1.16 bits per heavy atom. The Balaban J connectivity index is 2.20. The van der Waals surface area contributed by atoms with Crippen molar-refractivity contribution in [3.05, 3.63) is 75.3 Å². The van der Waals surface area contributed by atoms with E-state index in [0.29, 0.717) is 5.56 Å². The van der Waals surface area contributed by atoms with Crippen LogP contribution >= 0.6 is 0 Å². The van der Waals surface area contributed by atoms with Gasteiger partial charge in [0.05, 0.1) is 4.92 Å². The van der Waals surface area contributed by atoms with Gasteiger partial charge in [-0.05, 0) is 12.5 Å². The second-order valence-corrected chi connectivity index (χ2v) is 4.40. The first kappa shape index (κ1) is 13.0. The Hall–Kier alpha value is -2.49. The quantitative estimate of drug-likeness (QED) is 0.478. The molecule has 96 valence electrons. The standard InChI is InChI=1S/C15H13NO3/c1-11-4-2-5-12(8-11)9-15(17)13-6-3-7-14(10-13)16(18)19/h2-8,10H,9H2,1H3. The zero-order chi connectivity index (χ0) is 13.8. The molecule has 0 atom stereocenters. The number of carbonyl (C=O) groups is 1. The van der Waals surface area contributed by atoms with Crippen LogP contribution in [0.4, 0.5) is 5.69 Å². The lowest BCUT2D eigenvalue weighted by atomic mass is 10.0. The van der Waals surface area contributed by atoms with Crippen molar-refractivity contribution in [3.8, 4) is 0 Å². The molecule has 2 aromatic rings. The van der Waals surface area contributed by atoms with E-state index in [9.17, 15) is 14.9 Å². The summed E-state index contributed by atoms with van der Waals surface area (Å²) in [5, 5.41) is 10.7. The Kier molecular flexibility index (Phi) is 3.71. The number of aryl methyl sites for hydroxylation is 1. The fourth-order valence-corrected chi connectivity index (χ4v) is 1.90. The van der Waals surface area contributed by atoms with Gasteiger partial charge in [0.25, 0.3) is 5.69 Å². The van der Waals surface area contributed by atoms with Gasteiger partial charge in [0.15, 0.2) is 5.78 Å². The molecule has 0 saturated carbocycles. The molecule has 0 saturated heterocycles. The number of rotatable bonds is 4. The largest absolute Gasteiger partial charge is 0.294 e. The fraction of sp³-hybridized carbons (Fsp3) is 0.133. The molecule has 0 radical (unpaired) electrons. The van der Waals surface area contributed by atoms with Crippen LogP contribution in [0.5, 0.6) is 0 Å². The molecule has 19 heavy (non-hydrogen) atoms. The zero-order valence-electron chi connectivity index (χ0n) is 10.5. The molecule has 2 aromatic carbocycles. The van der Waals surface area contributed by atoms with E-state index in [-0.39, 0.29) is 17.9 Å². The third kappa shape index (κ3) is 3.25. The van der Waals surface area contributed by atoms with Crippen molar-refractivity contribution < 1.29 is 9.72 Å². The summed E-state index contributed by atoms with van der Waals surface area (Å²) in [6, 6.07) is 13.5. The first-order chi connectivity index (χ1) is 9.06. The van der Waals surface area contributed by atoms with Gasteiger partial charge in [0.1, 0.15) is 0 Å². The van der Waals surface area contributed by atoms with Gasteiger partial charge in [-0.3, -0.25) is 14.9 Å². The van der Waals surface area contributed by atoms with Crippen LogP contribution in [0.2, 0.25) is 0 Å². The second-order valence-electron chi connectivity index (χ2n) is 4.40. The lowest BCUT2D eigenvalue weighted by Gasteiger charge is -2.02. The molecule has 0 amide bonds. The highest BCUT2D eigenvalue weighted by Crippen LogP contribution is 2.15. The maximum absolute atomic E-state index is 12.1. The molecule has 0 aliphatic rings. The summed E-state index contributed by atoms with van der Waals surface area (Å²) in [7, 11) is 0. The van der Waals surface area contributed by atoms with Crippen molar-refractivity contribution in [1.82, 2.24) is 0 Å². The molecular formula is C15H13NO3. The van der Waals surface area contributed by atoms with Crippen molar-refractivity contribution in [2.75, 3.05) is 0 Å². The number of nitrogens with zero attached hydrogens (tertiary/aromatic N) is 1. The Bertz CT molecular complexity index is 635. The summed E-state index contributed by atoms with van der Waals surface area (Å²) in [4.78, 5) is 22.3. The molecule has 0 spiro atoms. The lowest BCUT2D eigenvalue weighted by molar-refractivity contribution is -0.384. The molecule has 0 heterocycles. The summed E-state index contributed by atoms with van der Waals surface area (Å²) in [5.74, 6) is -0.116. The molecule has 0 unspecified atom stereocenters. The van der Waals surface area contributed by atoms with Gasteiger partial charge >= 0.3 is 0 Å². The van der Waals surface area contributed by atoms with Gasteiger partial charge < -0.3 is 0 Å². The third-order valence-electron chi connectivity index (χ3n) is 2.83. The van der Waals surface area contributed by atoms with E-state index in [0.717, 1.165) is 11.1 Å². The summed E-state index contributed by atoms with van der Waals surface area (Å²) >= 11 is 0. The van der Waals surface area contributed by atoms with Crippen molar-refractivity contribution in [2.45, 2.75) is 13.3 Å². The number of Topliss-reactive ketones (excluding diaryl/α,β-unsaturated/α-hetero) is 1. The van der Waals surface area contributed by atoms with Crippen LogP contribution in [0.3, 0.4) is 0 Å². The van der Waals surface area contributed by atoms with Crippen LogP contribution in [0.1, 0.15) is 21.5 Å². The van der Waals surface area contributed by atoms with E-state index in [1.807, 2.05) is 31.2 Å². The number of carbonyl (C=O) groups excluding carboxylic acids is 1. The molecule has 0 N–H and O–H groups in total. The number of hydrogen-bond donors (Lipinski definition) is 0. The third-order valence-corrected chi connectivity index (χ3v) is 2.83. The molecule has 2 rings (SSSR count). The van der Waals surface area contributed by atoms with Crippen LogP contribution in [0.15, 0.2) is 48.5 Å². The predicted octanol–water partition coefficient (Wildman–Crippen LogP) is 3.33. The van der Waals surface area contributed by atoms with Crippen molar-refractivity contribution >= 4 is 11.5 Å². The van der Waals surface area contributed by atoms with Crippen LogP contribution in [-0.4, -0.2) is 10.7 Å². The summed E-state index contributed by atoms with van der Waals surface area (Å²) < 4.78 is 0. The number of hydrogen-bond acceptors (Lipinski definition) is 3. The number of non-ortho nitro benzene ring substituents is 1. The average molecular weight is 255 g/mol. The fourth-order valence-electron chi connectivity index (χ4n) is 1.90. The van der Waals surface area contributed by atoms with Crippen LogP contribution < -0.4 is 0 Å². The van der Waals surface area contributed by atoms with E-state index < -0.39 is 4.92 Å². The lowest BCUT2D eigenvalue weighted by Crippen LogP contribution is -2.04. The van der Waals surface area contributed by atoms with Crippen molar-refractivity contribution in [3.63, 3.8) is 0 Å². The topological polar surface area (TPSA) is 60.2 Å². The normalized spacial score (nSPS) is 10.2. The summed E-state index contributed by atoms with van der Waals surface area (Å²) in [6.07, 6.45) is 0.253. The van der Waals surface area contributed by atoms with Crippen LogP contribution in [0.25, 0.3) is 0 Å². The minimum absolute atomic E-state index is 0.0601. The van der Waals surface area contributed by atoms with Gasteiger partial charge in [0, 0.05) is 24.1 Å². The first-order valence-electron chi connectivity index (χ1n) is 5.89. The smallest absolute Gasteiger partial charge is 0.270 e. The van der Waals surface area contributed by atoms with Crippen LogP contribution in [-0.2, 0) is 6.42 Å². The van der Waals surface area contributed by atoms with E-state index in [4.69, 9.17) is 0 Å². The maximum atomic E-state index is 12.1. The van der Waals surface area contributed by atoms with E-state index in [2.05, 4.69) is 0 Å². The van der Waals surface area contributed by atoms with Gasteiger partial charge in [0.2, 0.25) is 0 Å². The Labute approximate surface area is 110 Å². The van der Waals surface area contributed by atoms with Crippen molar-refractivity contribution in [2.24, 2.45) is 0 Å². The highest BCUT2D eigenvalue weighted by molar-refractivity contribution is 5.98. The Morgan fingerprint density at radius 2 is 1.89 bits per heavy atom. The number of benzene rings is 2. The van der Waals surface area contributed by atoms with Gasteiger partial charge in [-0.1, -0.05) is 42.0 Å². The zero-order valence-corrected chi connectivity index (χ0v) is 10.5. The van der Waals surface area contributed by atoms with Gasteiger partial charge in [-0.25, -0.2) is 0 Å². The van der Waals surface area contributed by atoms with Crippen molar-refractivity contribution in [1.29, 1.82) is 0 Å². The minimum atomic E-state index is -0.497. The van der Waals surface area contributed by atoms with E-state index >= 15 is 0 Å². The molecule has 0 fully saturated rings. The first-order valence-corrected chi connectivity index (χ1v) is 5.89. The SMILES string of the molecule is Cc1cccc(CC(=O)c2cccc([N+](=O)[O-])c2)c1.